The summed E-state index contributed by atoms with van der Waals surface area (Å²) in [6.45, 7) is 1.05. The fourth-order valence-electron chi connectivity index (χ4n) is 6.22. The first-order chi connectivity index (χ1) is 26.0. The lowest BCUT2D eigenvalue weighted by Crippen LogP contribution is -2.66. The largest absolute Gasteiger partial charge is 0.445 e. The Kier molecular flexibility index (Phi) is 14.2. The van der Waals surface area contributed by atoms with Crippen molar-refractivity contribution in [3.63, 3.8) is 0 Å². The Morgan fingerprint density at radius 2 is 0.981 bits per heavy atom. The second-order valence-electron chi connectivity index (χ2n) is 13.0. The maximum atomic E-state index is 13.8. The third-order valence-corrected chi connectivity index (χ3v) is 9.15. The summed E-state index contributed by atoms with van der Waals surface area (Å²) in [4.78, 5) is 15.3. The Hall–Kier alpha value is -4.87. The molecule has 276 valence electrons. The van der Waals surface area contributed by atoms with Gasteiger partial charge >= 0.3 is 6.09 Å². The first kappa shape index (κ1) is 37.9. The number of ether oxygens (including phenoxy) is 6. The van der Waals surface area contributed by atoms with E-state index in [9.17, 15) is 9.90 Å². The van der Waals surface area contributed by atoms with Crippen LogP contribution in [0, 0.1) is 0 Å². The molecule has 0 spiro atoms. The average Bonchev–Trinajstić information content (AvgIpc) is 3.22. The van der Waals surface area contributed by atoms with E-state index in [1.165, 1.54) is 4.90 Å². The van der Waals surface area contributed by atoms with E-state index < -0.39 is 42.8 Å². The zero-order valence-corrected chi connectivity index (χ0v) is 29.9. The number of aliphatic hydroxyl groups is 1. The van der Waals surface area contributed by atoms with Crippen molar-refractivity contribution in [1.29, 1.82) is 0 Å². The van der Waals surface area contributed by atoms with Crippen LogP contribution in [0.2, 0.25) is 0 Å². The monoisotopic (exact) mass is 717 g/mol. The van der Waals surface area contributed by atoms with Gasteiger partial charge in [-0.1, -0.05) is 152 Å². The second kappa shape index (κ2) is 19.8. The Morgan fingerprint density at radius 3 is 1.45 bits per heavy atom. The topological polar surface area (TPSA) is 95.9 Å². The normalized spacial score (nSPS) is 20.4. The molecule has 0 bridgehead atoms. The van der Waals surface area contributed by atoms with Crippen LogP contribution in [-0.4, -0.2) is 66.5 Å². The number of rotatable bonds is 17. The summed E-state index contributed by atoms with van der Waals surface area (Å²) in [5.41, 5.74) is 4.60. The number of aliphatic hydroxyl groups excluding tert-OH is 1. The molecule has 0 saturated carbocycles. The van der Waals surface area contributed by atoms with E-state index in [2.05, 4.69) is 0 Å². The fourth-order valence-corrected chi connectivity index (χ4v) is 6.22. The van der Waals surface area contributed by atoms with Gasteiger partial charge in [-0.15, -0.1) is 0 Å². The Morgan fingerprint density at radius 1 is 0.585 bits per heavy atom. The van der Waals surface area contributed by atoms with Crippen LogP contribution in [0.15, 0.2) is 152 Å². The first-order valence-electron chi connectivity index (χ1n) is 17.9. The third kappa shape index (κ3) is 11.1. The summed E-state index contributed by atoms with van der Waals surface area (Å²) in [7, 11) is 1.66. The highest BCUT2D eigenvalue weighted by atomic mass is 16.7. The summed E-state index contributed by atoms with van der Waals surface area (Å²) < 4.78 is 38.3. The zero-order chi connectivity index (χ0) is 36.7. The van der Waals surface area contributed by atoms with Crippen LogP contribution in [0.25, 0.3) is 0 Å². The van der Waals surface area contributed by atoms with Gasteiger partial charge in [-0.3, -0.25) is 0 Å². The lowest BCUT2D eigenvalue weighted by molar-refractivity contribution is -0.324. The quantitative estimate of drug-likeness (QED) is 0.107. The highest BCUT2D eigenvalue weighted by Crippen LogP contribution is 2.32. The lowest BCUT2D eigenvalue weighted by atomic mass is 9.92. The van der Waals surface area contributed by atoms with Crippen LogP contribution in [0.3, 0.4) is 0 Å². The molecule has 1 fully saturated rings. The molecular weight excluding hydrogens is 670 g/mol. The molecule has 1 N–H and O–H groups in total. The van der Waals surface area contributed by atoms with Gasteiger partial charge in [-0.05, 0) is 27.8 Å². The van der Waals surface area contributed by atoms with Crippen molar-refractivity contribution < 1.29 is 38.3 Å². The minimum absolute atomic E-state index is 0.0641. The van der Waals surface area contributed by atoms with Crippen molar-refractivity contribution in [2.24, 2.45) is 0 Å². The molecule has 1 heterocycles. The van der Waals surface area contributed by atoms with Gasteiger partial charge in [0.15, 0.2) is 6.29 Å². The number of amides is 1. The van der Waals surface area contributed by atoms with Gasteiger partial charge in [-0.25, -0.2) is 4.79 Å². The predicted octanol–water partition coefficient (Wildman–Crippen LogP) is 7.31. The van der Waals surface area contributed by atoms with Gasteiger partial charge in [0.2, 0.25) is 0 Å². The molecule has 1 amide bonds. The molecule has 1 aliphatic heterocycles. The Bertz CT molecular complexity index is 1760. The van der Waals surface area contributed by atoms with E-state index in [0.717, 1.165) is 27.8 Å². The van der Waals surface area contributed by atoms with Crippen LogP contribution < -0.4 is 0 Å². The molecule has 5 aromatic rings. The summed E-state index contributed by atoms with van der Waals surface area (Å²) in [5.74, 6) is 0. The fraction of sp³-hybridized carbons (Fsp3) is 0.295. The number of likely N-dealkylation sites (N-methyl/N-ethyl adjacent to an activating group) is 1. The first-order valence-corrected chi connectivity index (χ1v) is 17.9. The smallest absolute Gasteiger partial charge is 0.410 e. The molecule has 0 aromatic heterocycles. The van der Waals surface area contributed by atoms with E-state index >= 15 is 0 Å². The maximum absolute atomic E-state index is 13.8. The number of hydrogen-bond donors (Lipinski definition) is 1. The Labute approximate surface area is 311 Å². The standard InChI is InChI=1S/C44H47NO8/c1-45(44(47)52-31-37-25-15-6-16-26-37)38(32-48-27-33-17-7-2-8-18-33)40-42(50-29-35-21-11-4-12-22-35)41(49-28-34-19-9-3-10-20-34)39(46)43(53-40)51-30-36-23-13-5-14-24-36/h2-26,38-43,46H,27-32H2,1H3/t38?,39-,40-,41-,42-,43-/m1/s1. The third-order valence-electron chi connectivity index (χ3n) is 9.15. The van der Waals surface area contributed by atoms with Gasteiger partial charge in [0.1, 0.15) is 31.0 Å². The second-order valence-corrected chi connectivity index (χ2v) is 13.0. The number of hydrogen-bond acceptors (Lipinski definition) is 8. The van der Waals surface area contributed by atoms with Gasteiger partial charge in [0.25, 0.3) is 0 Å². The van der Waals surface area contributed by atoms with Crippen molar-refractivity contribution in [3.05, 3.63) is 179 Å². The van der Waals surface area contributed by atoms with Crippen molar-refractivity contribution in [3.8, 4) is 0 Å². The molecule has 5 aromatic carbocycles. The summed E-state index contributed by atoms with van der Waals surface area (Å²) in [6.07, 6.45) is -5.58. The van der Waals surface area contributed by atoms with Gasteiger partial charge in [-0.2, -0.15) is 0 Å². The minimum Gasteiger partial charge on any atom is -0.445 e. The molecule has 9 nitrogen and oxygen atoms in total. The number of benzene rings is 5. The van der Waals surface area contributed by atoms with Crippen LogP contribution in [-0.2, 0) is 61.5 Å². The van der Waals surface area contributed by atoms with Crippen molar-refractivity contribution in [2.45, 2.75) is 69.8 Å². The molecule has 1 unspecified atom stereocenters. The highest BCUT2D eigenvalue weighted by molar-refractivity contribution is 5.67. The molecule has 9 heteroatoms. The molecule has 1 aliphatic rings. The maximum Gasteiger partial charge on any atom is 0.410 e. The average molecular weight is 718 g/mol. The molecule has 6 rings (SSSR count). The molecule has 53 heavy (non-hydrogen) atoms. The van der Waals surface area contributed by atoms with Crippen LogP contribution in [0.5, 0.6) is 0 Å². The predicted molar refractivity (Wildman–Crippen MR) is 200 cm³/mol. The van der Waals surface area contributed by atoms with E-state index in [1.807, 2.05) is 152 Å². The van der Waals surface area contributed by atoms with E-state index in [0.29, 0.717) is 6.61 Å². The van der Waals surface area contributed by atoms with Gasteiger partial charge in [0, 0.05) is 7.05 Å². The highest BCUT2D eigenvalue weighted by Gasteiger charge is 2.51. The molecule has 1 saturated heterocycles. The van der Waals surface area contributed by atoms with E-state index in [1.54, 1.807) is 7.05 Å². The van der Waals surface area contributed by atoms with E-state index in [4.69, 9.17) is 28.4 Å². The molecule has 6 atom stereocenters. The number of nitrogens with zero attached hydrogens (tertiary/aromatic N) is 1. The van der Waals surface area contributed by atoms with Gasteiger partial charge < -0.3 is 38.4 Å². The molecule has 0 aliphatic carbocycles. The molecular formula is C44H47NO8. The number of carbonyl (C=O) groups excluding carboxylic acids is 1. The van der Waals surface area contributed by atoms with Crippen LogP contribution in [0.4, 0.5) is 4.79 Å². The minimum atomic E-state index is -1.24. The summed E-state index contributed by atoms with van der Waals surface area (Å²) in [5, 5.41) is 11.9. The summed E-state index contributed by atoms with van der Waals surface area (Å²) in [6, 6.07) is 47.7. The van der Waals surface area contributed by atoms with E-state index in [-0.39, 0.29) is 33.0 Å². The van der Waals surface area contributed by atoms with Crippen LogP contribution >= 0.6 is 0 Å². The summed E-state index contributed by atoms with van der Waals surface area (Å²) >= 11 is 0. The van der Waals surface area contributed by atoms with Crippen molar-refractivity contribution in [2.75, 3.05) is 13.7 Å². The molecule has 0 radical (unpaired) electrons. The van der Waals surface area contributed by atoms with Crippen molar-refractivity contribution in [1.82, 2.24) is 4.90 Å². The Balaban J connectivity index is 1.32. The zero-order valence-electron chi connectivity index (χ0n) is 29.9. The van der Waals surface area contributed by atoms with Crippen LogP contribution in [0.1, 0.15) is 27.8 Å². The lowest BCUT2D eigenvalue weighted by Gasteiger charge is -2.48. The van der Waals surface area contributed by atoms with Gasteiger partial charge in [0.05, 0.1) is 39.1 Å². The van der Waals surface area contributed by atoms with Crippen molar-refractivity contribution >= 4 is 6.09 Å². The SMILES string of the molecule is CN(C(=O)OCc1ccccc1)C(COCc1ccccc1)[C@H]1O[C@@H](OCc2ccccc2)[C@H](O)[C@@H](OCc2ccccc2)[C@@H]1OCc1ccccc1. The number of carbonyl (C=O) groups is 1.